The molecule has 7 nitrogen and oxygen atoms in total. The molecule has 7 heteroatoms. The van der Waals surface area contributed by atoms with E-state index in [2.05, 4.69) is 15.7 Å². The lowest BCUT2D eigenvalue weighted by Crippen LogP contribution is -2.45. The number of nitrogens with one attached hydrogen (secondary N) is 2. The maximum atomic E-state index is 12.0. The van der Waals surface area contributed by atoms with Crippen LogP contribution in [0.4, 0.5) is 4.79 Å². The average Bonchev–Trinajstić information content (AvgIpc) is 3.08. The number of benzene rings is 1. The second-order valence-corrected chi connectivity index (χ2v) is 5.10. The quantitative estimate of drug-likeness (QED) is 0.844. The van der Waals surface area contributed by atoms with Gasteiger partial charge >= 0.3 is 12.0 Å². The predicted molar refractivity (Wildman–Crippen MR) is 82.7 cm³/mol. The monoisotopic (exact) mass is 312 g/mol. The summed E-state index contributed by atoms with van der Waals surface area (Å²) in [4.78, 5) is 23.8. The molecule has 0 bridgehead atoms. The third kappa shape index (κ3) is 2.80. The van der Waals surface area contributed by atoms with Gasteiger partial charge in [0.15, 0.2) is 0 Å². The number of rotatable bonds is 3. The Balaban J connectivity index is 1.97. The molecule has 1 aliphatic heterocycles. The van der Waals surface area contributed by atoms with Crippen LogP contribution in [0.25, 0.3) is 5.69 Å². The van der Waals surface area contributed by atoms with E-state index >= 15 is 0 Å². The van der Waals surface area contributed by atoms with Crippen molar-refractivity contribution in [2.45, 2.75) is 13.0 Å². The number of aromatic nitrogens is 2. The van der Waals surface area contributed by atoms with Crippen LogP contribution in [0, 0.1) is 0 Å². The van der Waals surface area contributed by atoms with Gasteiger partial charge in [-0.3, -0.25) is 0 Å². The first-order valence-corrected chi connectivity index (χ1v) is 7.06. The summed E-state index contributed by atoms with van der Waals surface area (Å²) >= 11 is 0. The zero-order valence-electron chi connectivity index (χ0n) is 12.7. The molecule has 1 aromatic carbocycles. The van der Waals surface area contributed by atoms with Gasteiger partial charge in [0.05, 0.1) is 24.4 Å². The second kappa shape index (κ2) is 5.96. The van der Waals surface area contributed by atoms with Crippen LogP contribution in [0.1, 0.15) is 18.5 Å². The highest BCUT2D eigenvalue weighted by Gasteiger charge is 2.31. The molecule has 2 amide bonds. The van der Waals surface area contributed by atoms with E-state index in [9.17, 15) is 9.59 Å². The van der Waals surface area contributed by atoms with E-state index in [1.165, 1.54) is 7.11 Å². The van der Waals surface area contributed by atoms with Crippen molar-refractivity contribution < 1.29 is 14.3 Å². The summed E-state index contributed by atoms with van der Waals surface area (Å²) in [5.41, 5.74) is 2.55. The second-order valence-electron chi connectivity index (χ2n) is 5.10. The van der Waals surface area contributed by atoms with Gasteiger partial charge in [0.1, 0.15) is 0 Å². The van der Waals surface area contributed by atoms with E-state index in [1.807, 2.05) is 36.5 Å². The molecule has 118 valence electrons. The van der Waals surface area contributed by atoms with Crippen LogP contribution < -0.4 is 10.6 Å². The number of carbonyl (C=O) groups is 2. The van der Waals surface area contributed by atoms with Crippen LogP contribution in [0.15, 0.2) is 54.0 Å². The van der Waals surface area contributed by atoms with Crippen LogP contribution in [-0.4, -0.2) is 28.9 Å². The van der Waals surface area contributed by atoms with E-state index in [0.29, 0.717) is 11.3 Å². The normalized spacial score (nSPS) is 17.5. The molecule has 0 aliphatic carbocycles. The van der Waals surface area contributed by atoms with E-state index in [0.717, 1.165) is 11.3 Å². The zero-order chi connectivity index (χ0) is 16.4. The summed E-state index contributed by atoms with van der Waals surface area (Å²) in [7, 11) is 1.32. The summed E-state index contributed by atoms with van der Waals surface area (Å²) in [5, 5.41) is 9.51. The summed E-state index contributed by atoms with van der Waals surface area (Å²) in [6.45, 7) is 1.68. The minimum absolute atomic E-state index is 0.351. The molecule has 2 heterocycles. The number of esters is 1. The third-order valence-electron chi connectivity index (χ3n) is 3.67. The molecular formula is C16H16N4O3. The van der Waals surface area contributed by atoms with Crippen molar-refractivity contribution in [3.05, 3.63) is 59.6 Å². The molecule has 1 aliphatic rings. The largest absolute Gasteiger partial charge is 0.466 e. The smallest absolute Gasteiger partial charge is 0.337 e. The molecule has 3 rings (SSSR count). The lowest BCUT2D eigenvalue weighted by Gasteiger charge is -2.27. The third-order valence-corrected chi connectivity index (χ3v) is 3.67. The molecule has 0 spiro atoms. The van der Waals surface area contributed by atoms with Crippen LogP contribution >= 0.6 is 0 Å². The molecule has 0 saturated heterocycles. The van der Waals surface area contributed by atoms with Crippen LogP contribution in [0.2, 0.25) is 0 Å². The van der Waals surface area contributed by atoms with Crippen molar-refractivity contribution >= 4 is 12.0 Å². The number of carbonyl (C=O) groups excluding carboxylic acids is 2. The maximum Gasteiger partial charge on any atom is 0.337 e. The fraction of sp³-hybridized carbons (Fsp3) is 0.188. The summed E-state index contributed by atoms with van der Waals surface area (Å²) in [6, 6.07) is 8.39. The van der Waals surface area contributed by atoms with Gasteiger partial charge < -0.3 is 15.4 Å². The standard InChI is InChI=1S/C16H16N4O3/c1-10-13(15(21)23-2)14(19-16(22)18-10)11-4-6-12(7-5-11)20-9-3-8-17-20/h3-9,14H,1-2H3,(H2,18,19,22). The van der Waals surface area contributed by atoms with E-state index in [1.54, 1.807) is 17.8 Å². The van der Waals surface area contributed by atoms with Gasteiger partial charge in [-0.1, -0.05) is 12.1 Å². The van der Waals surface area contributed by atoms with E-state index in [4.69, 9.17) is 4.74 Å². The van der Waals surface area contributed by atoms with Crippen molar-refractivity contribution in [2.75, 3.05) is 7.11 Å². The number of allylic oxidation sites excluding steroid dienone is 1. The lowest BCUT2D eigenvalue weighted by atomic mass is 9.95. The van der Waals surface area contributed by atoms with E-state index in [-0.39, 0.29) is 6.03 Å². The van der Waals surface area contributed by atoms with Gasteiger partial charge in [0.25, 0.3) is 0 Å². The summed E-state index contributed by atoms with van der Waals surface area (Å²) < 4.78 is 6.56. The minimum atomic E-state index is -0.553. The van der Waals surface area contributed by atoms with Crippen molar-refractivity contribution in [1.82, 2.24) is 20.4 Å². The van der Waals surface area contributed by atoms with Gasteiger partial charge in [0.2, 0.25) is 0 Å². The Kier molecular flexibility index (Phi) is 3.84. The molecule has 1 unspecified atom stereocenters. The Morgan fingerprint density at radius 1 is 1.30 bits per heavy atom. The molecule has 1 atom stereocenters. The molecule has 2 N–H and O–H groups in total. The molecule has 0 saturated carbocycles. The van der Waals surface area contributed by atoms with Crippen molar-refractivity contribution in [2.24, 2.45) is 0 Å². The fourth-order valence-corrected chi connectivity index (χ4v) is 2.57. The molecule has 2 aromatic rings. The van der Waals surface area contributed by atoms with Crippen molar-refractivity contribution in [1.29, 1.82) is 0 Å². The highest BCUT2D eigenvalue weighted by molar-refractivity contribution is 5.94. The highest BCUT2D eigenvalue weighted by Crippen LogP contribution is 2.28. The van der Waals surface area contributed by atoms with Crippen LogP contribution in [0.5, 0.6) is 0 Å². The van der Waals surface area contributed by atoms with Crippen molar-refractivity contribution in [3.8, 4) is 5.69 Å². The SMILES string of the molecule is COC(=O)C1=C(C)NC(=O)NC1c1ccc(-n2cccn2)cc1. The van der Waals surface area contributed by atoms with Crippen LogP contribution in [-0.2, 0) is 9.53 Å². The number of nitrogens with zero attached hydrogens (tertiary/aromatic N) is 2. The Labute approximate surface area is 132 Å². The lowest BCUT2D eigenvalue weighted by molar-refractivity contribution is -0.136. The summed E-state index contributed by atoms with van der Waals surface area (Å²) in [6.07, 6.45) is 3.54. The Hall–Kier alpha value is -3.09. The minimum Gasteiger partial charge on any atom is -0.466 e. The zero-order valence-corrected chi connectivity index (χ0v) is 12.7. The summed E-state index contributed by atoms with van der Waals surface area (Å²) in [5.74, 6) is -0.476. The number of hydrogen-bond acceptors (Lipinski definition) is 4. The maximum absolute atomic E-state index is 12.0. The first-order chi connectivity index (χ1) is 11.1. The first-order valence-electron chi connectivity index (χ1n) is 7.06. The predicted octanol–water partition coefficient (Wildman–Crippen LogP) is 1.67. The number of ether oxygens (including phenoxy) is 1. The van der Waals surface area contributed by atoms with Gasteiger partial charge in [-0.15, -0.1) is 0 Å². The molecule has 23 heavy (non-hydrogen) atoms. The van der Waals surface area contributed by atoms with Gasteiger partial charge in [-0.2, -0.15) is 5.10 Å². The van der Waals surface area contributed by atoms with Crippen LogP contribution in [0.3, 0.4) is 0 Å². The number of urea groups is 1. The van der Waals surface area contributed by atoms with Gasteiger partial charge in [-0.05, 0) is 30.7 Å². The fourth-order valence-electron chi connectivity index (χ4n) is 2.57. The number of amides is 2. The molecular weight excluding hydrogens is 296 g/mol. The Morgan fingerprint density at radius 2 is 2.04 bits per heavy atom. The van der Waals surface area contributed by atoms with E-state index < -0.39 is 12.0 Å². The van der Waals surface area contributed by atoms with Gasteiger partial charge in [-0.25, -0.2) is 14.3 Å². The number of hydrogen-bond donors (Lipinski definition) is 2. The number of methoxy groups -OCH3 is 1. The molecule has 0 radical (unpaired) electrons. The van der Waals surface area contributed by atoms with Crippen molar-refractivity contribution in [3.63, 3.8) is 0 Å². The molecule has 0 fully saturated rings. The topological polar surface area (TPSA) is 85.2 Å². The Bertz CT molecular complexity index is 763. The Morgan fingerprint density at radius 3 is 2.65 bits per heavy atom. The highest BCUT2D eigenvalue weighted by atomic mass is 16.5. The van der Waals surface area contributed by atoms with Gasteiger partial charge in [0, 0.05) is 18.1 Å². The molecule has 1 aromatic heterocycles. The first kappa shape index (κ1) is 14.8. The average molecular weight is 312 g/mol.